The van der Waals surface area contributed by atoms with Crippen molar-refractivity contribution in [1.82, 2.24) is 5.32 Å². The van der Waals surface area contributed by atoms with Crippen molar-refractivity contribution in [3.8, 4) is 6.07 Å². The number of aliphatic imine (C=N–C) groups is 2. The second-order valence-electron chi connectivity index (χ2n) is 6.84. The Hall–Kier alpha value is -3.70. The van der Waals surface area contributed by atoms with Crippen LogP contribution in [0.4, 0.5) is 8.78 Å². The Morgan fingerprint density at radius 2 is 2.15 bits per heavy atom. The van der Waals surface area contributed by atoms with Crippen LogP contribution in [0.2, 0.25) is 0 Å². The highest BCUT2D eigenvalue weighted by atomic mass is 19.1. The Morgan fingerprint density at radius 1 is 1.35 bits per heavy atom. The maximum atomic E-state index is 14.1. The van der Waals surface area contributed by atoms with Gasteiger partial charge in [-0.05, 0) is 62.1 Å². The molecule has 1 aliphatic carbocycles. The van der Waals surface area contributed by atoms with Crippen LogP contribution in [0.1, 0.15) is 26.7 Å². The number of carbonyl (C=O) groups is 1. The predicted octanol–water partition coefficient (Wildman–Crippen LogP) is 5.17. The lowest BCUT2D eigenvalue weighted by Crippen LogP contribution is -2.09. The minimum atomic E-state index is -0.647. The van der Waals surface area contributed by atoms with Crippen LogP contribution in [0, 0.1) is 11.3 Å². The van der Waals surface area contributed by atoms with Crippen LogP contribution in [0.3, 0.4) is 0 Å². The van der Waals surface area contributed by atoms with Gasteiger partial charge in [0.1, 0.15) is 24.0 Å². The first-order valence-electron chi connectivity index (χ1n) is 10.9. The lowest BCUT2D eigenvalue weighted by molar-refractivity contribution is -0.104. The van der Waals surface area contributed by atoms with Gasteiger partial charge in [-0.3, -0.25) is 14.8 Å². The number of halogens is 2. The molecule has 0 aliphatic heterocycles. The second kappa shape index (κ2) is 16.9. The third-order valence-corrected chi connectivity index (χ3v) is 4.41. The average Bonchev–Trinajstić information content (AvgIpc) is 2.83. The van der Waals surface area contributed by atoms with Gasteiger partial charge in [0.25, 0.3) is 0 Å². The standard InChI is InChI=1S/C26H30F2N4O2/c1-4-8-23(18-30-5-2)32-16-20(15-31-17-22(27)11-12-34-6-3)13-21(19-33)24-9-7-10-26(28)25(24)14-29/h4,8,10-11,13,16-19,32H,1,5-7,9,12,15H2,2-3H3/b20-16+,21-13+,22-11+,23-8+,30-18?,31-17?. The third-order valence-electron chi connectivity index (χ3n) is 4.41. The van der Waals surface area contributed by atoms with Crippen molar-refractivity contribution < 1.29 is 18.3 Å². The van der Waals surface area contributed by atoms with E-state index in [1.807, 2.05) is 19.9 Å². The molecule has 0 heterocycles. The van der Waals surface area contributed by atoms with Gasteiger partial charge in [-0.2, -0.15) is 5.26 Å². The molecular formula is C26H30F2N4O2. The largest absolute Gasteiger partial charge is 0.378 e. The fraction of sp³-hybridized carbons (Fsp3) is 0.308. The summed E-state index contributed by atoms with van der Waals surface area (Å²) in [6.07, 6.45) is 12.9. The van der Waals surface area contributed by atoms with Crippen LogP contribution >= 0.6 is 0 Å². The van der Waals surface area contributed by atoms with Gasteiger partial charge in [-0.25, -0.2) is 8.78 Å². The third kappa shape index (κ3) is 10.3. The minimum absolute atomic E-state index is 0.0139. The Bertz CT molecular complexity index is 1010. The van der Waals surface area contributed by atoms with Gasteiger partial charge in [0.2, 0.25) is 0 Å². The average molecular weight is 469 g/mol. The maximum absolute atomic E-state index is 14.1. The molecule has 0 bridgehead atoms. The highest BCUT2D eigenvalue weighted by Gasteiger charge is 2.19. The fourth-order valence-corrected chi connectivity index (χ4v) is 2.82. The van der Waals surface area contributed by atoms with Gasteiger partial charge in [0, 0.05) is 31.1 Å². The van der Waals surface area contributed by atoms with E-state index in [9.17, 15) is 18.8 Å². The molecule has 8 heteroatoms. The van der Waals surface area contributed by atoms with Crippen molar-refractivity contribution in [3.63, 3.8) is 0 Å². The van der Waals surface area contributed by atoms with Crippen molar-refractivity contribution in [1.29, 1.82) is 5.26 Å². The van der Waals surface area contributed by atoms with Crippen molar-refractivity contribution in [2.45, 2.75) is 26.7 Å². The Kier molecular flexibility index (Phi) is 14.1. The zero-order valence-electron chi connectivity index (χ0n) is 19.6. The molecule has 34 heavy (non-hydrogen) atoms. The number of hydrogen-bond acceptors (Lipinski definition) is 6. The monoisotopic (exact) mass is 468 g/mol. The smallest absolute Gasteiger partial charge is 0.150 e. The molecular weight excluding hydrogens is 438 g/mol. The maximum Gasteiger partial charge on any atom is 0.150 e. The highest BCUT2D eigenvalue weighted by Crippen LogP contribution is 2.30. The zero-order chi connectivity index (χ0) is 25.2. The van der Waals surface area contributed by atoms with E-state index in [0.717, 1.165) is 6.21 Å². The lowest BCUT2D eigenvalue weighted by atomic mass is 9.91. The molecule has 1 aliphatic rings. The normalized spacial score (nSPS) is 16.1. The molecule has 0 aromatic rings. The number of ether oxygens (including phenoxy) is 1. The second-order valence-corrected chi connectivity index (χ2v) is 6.84. The lowest BCUT2D eigenvalue weighted by Gasteiger charge is -2.14. The number of hydrogen-bond donors (Lipinski definition) is 1. The van der Waals surface area contributed by atoms with E-state index in [2.05, 4.69) is 21.9 Å². The van der Waals surface area contributed by atoms with Crippen LogP contribution in [0.15, 0.2) is 92.8 Å². The van der Waals surface area contributed by atoms with Gasteiger partial charge in [0.15, 0.2) is 0 Å². The van der Waals surface area contributed by atoms with Crippen LogP contribution in [0.25, 0.3) is 0 Å². The van der Waals surface area contributed by atoms with Gasteiger partial charge in [-0.1, -0.05) is 12.7 Å². The molecule has 6 nitrogen and oxygen atoms in total. The highest BCUT2D eigenvalue weighted by molar-refractivity contribution is 5.83. The Balaban J connectivity index is 3.33. The number of nitriles is 1. The molecule has 1 N–H and O–H groups in total. The molecule has 0 aromatic heterocycles. The van der Waals surface area contributed by atoms with Crippen molar-refractivity contribution >= 4 is 18.7 Å². The van der Waals surface area contributed by atoms with Crippen LogP contribution in [-0.4, -0.2) is 45.0 Å². The minimum Gasteiger partial charge on any atom is -0.378 e. The van der Waals surface area contributed by atoms with Crippen LogP contribution in [0.5, 0.6) is 0 Å². The number of rotatable bonds is 14. The van der Waals surface area contributed by atoms with Crippen molar-refractivity contribution in [3.05, 3.63) is 82.8 Å². The number of nitrogens with one attached hydrogen (secondary N) is 1. The summed E-state index contributed by atoms with van der Waals surface area (Å²) >= 11 is 0. The summed E-state index contributed by atoms with van der Waals surface area (Å²) in [7, 11) is 0. The molecule has 0 fully saturated rings. The van der Waals surface area contributed by atoms with Gasteiger partial charge < -0.3 is 10.1 Å². The fourth-order valence-electron chi connectivity index (χ4n) is 2.82. The first-order chi connectivity index (χ1) is 16.5. The molecule has 0 aromatic carbocycles. The number of aldehydes is 1. The molecule has 0 atom stereocenters. The molecule has 180 valence electrons. The summed E-state index contributed by atoms with van der Waals surface area (Å²) in [5.41, 5.74) is 1.45. The number of carbonyl (C=O) groups excluding carboxylic acids is 1. The van der Waals surface area contributed by atoms with Crippen LogP contribution in [-0.2, 0) is 9.53 Å². The van der Waals surface area contributed by atoms with E-state index < -0.39 is 11.7 Å². The summed E-state index contributed by atoms with van der Waals surface area (Å²) in [4.78, 5) is 20.1. The van der Waals surface area contributed by atoms with E-state index in [-0.39, 0.29) is 24.3 Å². The summed E-state index contributed by atoms with van der Waals surface area (Å²) in [6.45, 7) is 8.57. The molecule has 1 rings (SSSR count). The van der Waals surface area contributed by atoms with Gasteiger partial charge >= 0.3 is 0 Å². The molecule has 0 saturated heterocycles. The molecule has 0 amide bonds. The zero-order valence-corrected chi connectivity index (χ0v) is 19.6. The first kappa shape index (κ1) is 28.3. The summed E-state index contributed by atoms with van der Waals surface area (Å²) < 4.78 is 33.1. The van der Waals surface area contributed by atoms with Crippen molar-refractivity contribution in [2.75, 3.05) is 26.3 Å². The summed E-state index contributed by atoms with van der Waals surface area (Å²) in [5, 5.41) is 12.4. The molecule has 0 unspecified atom stereocenters. The van der Waals surface area contributed by atoms with Gasteiger partial charge in [0.05, 0.1) is 30.6 Å². The van der Waals surface area contributed by atoms with E-state index in [1.54, 1.807) is 24.6 Å². The predicted molar refractivity (Wildman–Crippen MR) is 133 cm³/mol. The Morgan fingerprint density at radius 3 is 2.79 bits per heavy atom. The molecule has 0 spiro atoms. The van der Waals surface area contributed by atoms with E-state index in [1.165, 1.54) is 18.2 Å². The van der Waals surface area contributed by atoms with Gasteiger partial charge in [-0.15, -0.1) is 0 Å². The van der Waals surface area contributed by atoms with E-state index in [4.69, 9.17) is 4.74 Å². The van der Waals surface area contributed by atoms with Crippen molar-refractivity contribution in [2.24, 2.45) is 9.98 Å². The number of nitrogens with zero attached hydrogens (tertiary/aromatic N) is 3. The first-order valence-corrected chi connectivity index (χ1v) is 10.9. The quantitative estimate of drug-likeness (QED) is 0.125. The Labute approximate surface area is 199 Å². The SMILES string of the molecule is C=C/C=C(\C=NCC)N/C=C(\C=C(/C=O)C1=C(C#N)C(F)=CCC1)CN=C/C(F)=C\COCC. The van der Waals surface area contributed by atoms with Crippen LogP contribution < -0.4 is 5.32 Å². The summed E-state index contributed by atoms with van der Waals surface area (Å²) in [5.74, 6) is -1.21. The molecule has 0 radical (unpaired) electrons. The topological polar surface area (TPSA) is 86.8 Å². The van der Waals surface area contributed by atoms with E-state index >= 15 is 0 Å². The molecule has 0 saturated carbocycles. The number of allylic oxidation sites excluding steroid dienone is 9. The van der Waals surface area contributed by atoms with E-state index in [0.29, 0.717) is 49.1 Å². The summed E-state index contributed by atoms with van der Waals surface area (Å²) in [6, 6.07) is 1.83.